The summed E-state index contributed by atoms with van der Waals surface area (Å²) in [5.41, 5.74) is 4.19. The minimum Gasteiger partial charge on any atom is -0.416 e. The van der Waals surface area contributed by atoms with Crippen LogP contribution in [-0.2, 0) is 11.2 Å². The molecule has 0 aliphatic heterocycles. The average molecular weight is 382 g/mol. The topological polar surface area (TPSA) is 68.0 Å². The molecule has 0 aliphatic carbocycles. The van der Waals surface area contributed by atoms with Gasteiger partial charge in [0.05, 0.1) is 5.75 Å². The first-order chi connectivity index (χ1) is 13.0. The Bertz CT molecular complexity index is 889. The third-order valence-electron chi connectivity index (χ3n) is 4.37. The van der Waals surface area contributed by atoms with Crippen LogP contribution in [0, 0.1) is 13.8 Å². The normalized spacial score (nSPS) is 12.0. The summed E-state index contributed by atoms with van der Waals surface area (Å²) in [7, 11) is 0. The van der Waals surface area contributed by atoms with E-state index in [1.165, 1.54) is 17.3 Å². The van der Waals surface area contributed by atoms with Crippen LogP contribution >= 0.6 is 11.8 Å². The zero-order chi connectivity index (χ0) is 19.2. The van der Waals surface area contributed by atoms with Crippen molar-refractivity contribution in [1.82, 2.24) is 10.2 Å². The van der Waals surface area contributed by atoms with Crippen molar-refractivity contribution in [3.63, 3.8) is 0 Å². The number of aryl methyl sites for hydroxylation is 2. The van der Waals surface area contributed by atoms with E-state index < -0.39 is 0 Å². The van der Waals surface area contributed by atoms with E-state index in [-0.39, 0.29) is 17.6 Å². The Kier molecular flexibility index (Phi) is 6.29. The molecule has 0 spiro atoms. The maximum atomic E-state index is 12.2. The van der Waals surface area contributed by atoms with Gasteiger partial charge in [0.2, 0.25) is 11.8 Å². The number of rotatable bonds is 7. The molecule has 0 saturated heterocycles. The number of hydrogen-bond donors (Lipinski definition) is 1. The van der Waals surface area contributed by atoms with E-state index in [4.69, 9.17) is 4.42 Å². The second-order valence-corrected chi connectivity index (χ2v) is 7.51. The van der Waals surface area contributed by atoms with Crippen molar-refractivity contribution in [2.24, 2.45) is 0 Å². The van der Waals surface area contributed by atoms with Gasteiger partial charge in [0.1, 0.15) is 0 Å². The number of thioether (sulfide) groups is 1. The summed E-state index contributed by atoms with van der Waals surface area (Å²) in [5, 5.41) is 11.5. The quantitative estimate of drug-likeness (QED) is 0.598. The first-order valence-electron chi connectivity index (χ1n) is 8.89. The zero-order valence-corrected chi connectivity index (χ0v) is 16.5. The molecule has 5 nitrogen and oxygen atoms in total. The predicted molar refractivity (Wildman–Crippen MR) is 108 cm³/mol. The van der Waals surface area contributed by atoms with E-state index in [0.29, 0.717) is 17.5 Å². The third kappa shape index (κ3) is 5.20. The van der Waals surface area contributed by atoms with E-state index in [1.54, 1.807) is 0 Å². The van der Waals surface area contributed by atoms with Crippen LogP contribution in [-0.4, -0.2) is 21.9 Å². The molecular formula is C21H23N3O2S. The fourth-order valence-electron chi connectivity index (χ4n) is 2.85. The molecule has 0 bridgehead atoms. The number of para-hydroxylation sites is 1. The Hall–Kier alpha value is -2.60. The molecule has 0 fully saturated rings. The fourth-order valence-corrected chi connectivity index (χ4v) is 3.44. The van der Waals surface area contributed by atoms with Gasteiger partial charge in [0, 0.05) is 12.1 Å². The van der Waals surface area contributed by atoms with Crippen molar-refractivity contribution >= 4 is 23.4 Å². The summed E-state index contributed by atoms with van der Waals surface area (Å²) in [5.74, 6) is 1.01. The standard InChI is InChI=1S/C21H23N3O2S/c1-14-8-7-9-15(2)20(14)22-18(25)13-27-21-24-23-19(26-21)12-16(3)17-10-5-4-6-11-17/h4-11,16H,12-13H2,1-3H3,(H,22,25). The summed E-state index contributed by atoms with van der Waals surface area (Å²) >= 11 is 1.25. The predicted octanol–water partition coefficient (Wildman–Crippen LogP) is 4.76. The lowest BCUT2D eigenvalue weighted by molar-refractivity contribution is -0.113. The van der Waals surface area contributed by atoms with Crippen LogP contribution in [0.25, 0.3) is 0 Å². The Labute approximate surface area is 163 Å². The van der Waals surface area contributed by atoms with Gasteiger partial charge in [-0.1, -0.05) is 67.2 Å². The van der Waals surface area contributed by atoms with Gasteiger partial charge in [-0.05, 0) is 36.5 Å². The zero-order valence-electron chi connectivity index (χ0n) is 15.7. The molecule has 140 valence electrons. The van der Waals surface area contributed by atoms with Crippen LogP contribution in [0.3, 0.4) is 0 Å². The highest BCUT2D eigenvalue weighted by atomic mass is 32.2. The Morgan fingerprint density at radius 3 is 2.48 bits per heavy atom. The molecule has 6 heteroatoms. The summed E-state index contributed by atoms with van der Waals surface area (Å²) in [6.45, 7) is 6.09. The molecule has 1 heterocycles. The first kappa shape index (κ1) is 19.2. The van der Waals surface area contributed by atoms with Crippen molar-refractivity contribution in [1.29, 1.82) is 0 Å². The molecule has 1 N–H and O–H groups in total. The Balaban J connectivity index is 1.53. The van der Waals surface area contributed by atoms with Crippen LogP contribution in [0.5, 0.6) is 0 Å². The van der Waals surface area contributed by atoms with Crippen molar-refractivity contribution in [3.8, 4) is 0 Å². The molecule has 0 aliphatic rings. The van der Waals surface area contributed by atoms with Crippen molar-refractivity contribution in [2.75, 3.05) is 11.1 Å². The van der Waals surface area contributed by atoms with Gasteiger partial charge < -0.3 is 9.73 Å². The molecule has 0 radical (unpaired) electrons. The Morgan fingerprint density at radius 1 is 1.07 bits per heavy atom. The molecule has 2 aromatic carbocycles. The Morgan fingerprint density at radius 2 is 1.78 bits per heavy atom. The molecule has 3 rings (SSSR count). The largest absolute Gasteiger partial charge is 0.416 e. The van der Waals surface area contributed by atoms with Gasteiger partial charge in [-0.25, -0.2) is 0 Å². The molecule has 0 saturated carbocycles. The van der Waals surface area contributed by atoms with Crippen LogP contribution in [0.4, 0.5) is 5.69 Å². The molecule has 27 heavy (non-hydrogen) atoms. The lowest BCUT2D eigenvalue weighted by atomic mass is 9.98. The van der Waals surface area contributed by atoms with E-state index in [9.17, 15) is 4.79 Å². The number of hydrogen-bond acceptors (Lipinski definition) is 5. The highest BCUT2D eigenvalue weighted by molar-refractivity contribution is 7.99. The number of aromatic nitrogens is 2. The van der Waals surface area contributed by atoms with Crippen LogP contribution in [0.2, 0.25) is 0 Å². The van der Waals surface area contributed by atoms with E-state index >= 15 is 0 Å². The van der Waals surface area contributed by atoms with Gasteiger partial charge in [0.25, 0.3) is 5.22 Å². The molecular weight excluding hydrogens is 358 g/mol. The van der Waals surface area contributed by atoms with Gasteiger partial charge in [0.15, 0.2) is 0 Å². The number of benzene rings is 2. The van der Waals surface area contributed by atoms with Crippen molar-refractivity contribution in [3.05, 3.63) is 71.1 Å². The highest BCUT2D eigenvalue weighted by Gasteiger charge is 2.14. The number of carbonyl (C=O) groups is 1. The number of amides is 1. The second-order valence-electron chi connectivity index (χ2n) is 6.58. The summed E-state index contributed by atoms with van der Waals surface area (Å²) in [4.78, 5) is 12.2. The van der Waals surface area contributed by atoms with Gasteiger partial charge in [-0.3, -0.25) is 4.79 Å². The molecule has 3 aromatic rings. The summed E-state index contributed by atoms with van der Waals surface area (Å²) in [6.07, 6.45) is 0.673. The van der Waals surface area contributed by atoms with Gasteiger partial charge >= 0.3 is 0 Å². The lowest BCUT2D eigenvalue weighted by Crippen LogP contribution is -2.15. The number of anilines is 1. The van der Waals surface area contributed by atoms with Crippen molar-refractivity contribution in [2.45, 2.75) is 38.3 Å². The van der Waals surface area contributed by atoms with E-state index in [0.717, 1.165) is 16.8 Å². The minimum atomic E-state index is -0.0881. The second kappa shape index (κ2) is 8.86. The van der Waals surface area contributed by atoms with Gasteiger partial charge in [-0.2, -0.15) is 0 Å². The number of nitrogens with zero attached hydrogens (tertiary/aromatic N) is 2. The van der Waals surface area contributed by atoms with Crippen LogP contribution < -0.4 is 5.32 Å². The third-order valence-corrected chi connectivity index (χ3v) is 5.19. The molecule has 1 atom stereocenters. The van der Waals surface area contributed by atoms with Crippen LogP contribution in [0.15, 0.2) is 58.2 Å². The SMILES string of the molecule is Cc1cccc(C)c1NC(=O)CSc1nnc(CC(C)c2ccccc2)o1. The van der Waals surface area contributed by atoms with E-state index in [1.807, 2.05) is 50.2 Å². The monoisotopic (exact) mass is 381 g/mol. The van der Waals surface area contributed by atoms with E-state index in [2.05, 4.69) is 34.6 Å². The number of nitrogens with one attached hydrogen (secondary N) is 1. The van der Waals surface area contributed by atoms with Gasteiger partial charge in [-0.15, -0.1) is 10.2 Å². The van der Waals surface area contributed by atoms with Crippen LogP contribution in [0.1, 0.15) is 35.4 Å². The highest BCUT2D eigenvalue weighted by Crippen LogP contribution is 2.23. The molecule has 1 aromatic heterocycles. The number of carbonyl (C=O) groups excluding carboxylic acids is 1. The molecule has 1 unspecified atom stereocenters. The molecule has 1 amide bonds. The first-order valence-corrected chi connectivity index (χ1v) is 9.87. The fraction of sp³-hybridized carbons (Fsp3) is 0.286. The minimum absolute atomic E-state index is 0.0881. The smallest absolute Gasteiger partial charge is 0.277 e. The van der Waals surface area contributed by atoms with Crippen molar-refractivity contribution < 1.29 is 9.21 Å². The summed E-state index contributed by atoms with van der Waals surface area (Å²) in [6, 6.07) is 16.2. The summed E-state index contributed by atoms with van der Waals surface area (Å²) < 4.78 is 5.68. The average Bonchev–Trinajstić information content (AvgIpc) is 3.11. The lowest BCUT2D eigenvalue weighted by Gasteiger charge is -2.10. The maximum Gasteiger partial charge on any atom is 0.277 e. The maximum absolute atomic E-state index is 12.2.